The largest absolute Gasteiger partial charge is 0.398 e. The Morgan fingerprint density at radius 1 is 1.24 bits per heavy atom. The van der Waals surface area contributed by atoms with Gasteiger partial charge >= 0.3 is 0 Å². The summed E-state index contributed by atoms with van der Waals surface area (Å²) in [4.78, 5) is 9.46. The fraction of sp³-hybridized carbons (Fsp3) is 0.438. The molecule has 1 aromatic heterocycles. The van der Waals surface area contributed by atoms with Crippen LogP contribution >= 0.6 is 15.9 Å². The number of rotatable bonds is 1. The van der Waals surface area contributed by atoms with Gasteiger partial charge in [-0.1, -0.05) is 0 Å². The van der Waals surface area contributed by atoms with Crippen molar-refractivity contribution >= 4 is 38.2 Å². The molecule has 1 aromatic carbocycles. The fourth-order valence-corrected chi connectivity index (χ4v) is 3.39. The van der Waals surface area contributed by atoms with Gasteiger partial charge in [0.15, 0.2) is 0 Å². The SMILES string of the molecule is CC1CN(c2ccc(N)c3cc(Br)cnc23)CC(C)N1C. The third kappa shape index (κ3) is 2.60. The van der Waals surface area contributed by atoms with Gasteiger partial charge in [-0.15, -0.1) is 0 Å². The average molecular weight is 349 g/mol. The molecule has 21 heavy (non-hydrogen) atoms. The van der Waals surface area contributed by atoms with Crippen LogP contribution < -0.4 is 10.6 Å². The summed E-state index contributed by atoms with van der Waals surface area (Å²) in [6.07, 6.45) is 1.84. The lowest BCUT2D eigenvalue weighted by Crippen LogP contribution is -2.55. The van der Waals surface area contributed by atoms with Crippen LogP contribution in [0.1, 0.15) is 13.8 Å². The molecule has 1 aliphatic heterocycles. The first-order valence-electron chi connectivity index (χ1n) is 7.28. The topological polar surface area (TPSA) is 45.4 Å². The first-order chi connectivity index (χ1) is 9.97. The Bertz CT molecular complexity index is 661. The number of likely N-dealkylation sites (N-methyl/N-ethyl adjacent to an activating group) is 1. The van der Waals surface area contributed by atoms with Gasteiger partial charge in [0, 0.05) is 46.9 Å². The number of hydrogen-bond donors (Lipinski definition) is 1. The minimum atomic E-state index is 0.525. The summed E-state index contributed by atoms with van der Waals surface area (Å²) < 4.78 is 0.957. The van der Waals surface area contributed by atoms with Crippen molar-refractivity contribution in [3.63, 3.8) is 0 Å². The Labute approximate surface area is 134 Å². The second-order valence-corrected chi connectivity index (χ2v) is 6.91. The maximum atomic E-state index is 6.11. The van der Waals surface area contributed by atoms with Gasteiger partial charge in [0.1, 0.15) is 0 Å². The van der Waals surface area contributed by atoms with E-state index in [4.69, 9.17) is 5.73 Å². The van der Waals surface area contributed by atoms with Crippen molar-refractivity contribution < 1.29 is 0 Å². The van der Waals surface area contributed by atoms with Crippen molar-refractivity contribution in [1.82, 2.24) is 9.88 Å². The average Bonchev–Trinajstić information content (AvgIpc) is 2.45. The smallest absolute Gasteiger partial charge is 0.0956 e. The van der Waals surface area contributed by atoms with Gasteiger partial charge in [0.25, 0.3) is 0 Å². The van der Waals surface area contributed by atoms with Crippen LogP contribution in [0.2, 0.25) is 0 Å². The Morgan fingerprint density at radius 3 is 2.57 bits per heavy atom. The summed E-state index contributed by atoms with van der Waals surface area (Å²) in [6, 6.07) is 7.18. The molecule has 2 N–H and O–H groups in total. The molecule has 2 heterocycles. The van der Waals surface area contributed by atoms with Gasteiger partial charge in [0.2, 0.25) is 0 Å². The van der Waals surface area contributed by atoms with E-state index in [0.717, 1.165) is 34.2 Å². The minimum Gasteiger partial charge on any atom is -0.398 e. The zero-order valence-electron chi connectivity index (χ0n) is 12.7. The summed E-state index contributed by atoms with van der Waals surface area (Å²) in [5.41, 5.74) is 9.06. The Hall–Kier alpha value is -1.33. The normalized spacial score (nSPS) is 23.7. The number of benzene rings is 1. The lowest BCUT2D eigenvalue weighted by molar-refractivity contribution is 0.170. The van der Waals surface area contributed by atoms with Crippen LogP contribution in [0.4, 0.5) is 11.4 Å². The number of fused-ring (bicyclic) bond motifs is 1. The fourth-order valence-electron chi connectivity index (χ4n) is 3.06. The number of pyridine rings is 1. The molecule has 0 spiro atoms. The first-order valence-corrected chi connectivity index (χ1v) is 8.07. The number of nitrogen functional groups attached to an aromatic ring is 1. The minimum absolute atomic E-state index is 0.525. The number of halogens is 1. The number of anilines is 2. The molecule has 0 radical (unpaired) electrons. The molecule has 1 saturated heterocycles. The van der Waals surface area contributed by atoms with Crippen LogP contribution in [-0.4, -0.2) is 42.1 Å². The van der Waals surface area contributed by atoms with E-state index >= 15 is 0 Å². The predicted octanol–water partition coefficient (Wildman–Crippen LogP) is 3.11. The molecule has 3 rings (SSSR count). The molecule has 2 unspecified atom stereocenters. The molecule has 2 aromatic rings. The van der Waals surface area contributed by atoms with E-state index in [1.165, 1.54) is 5.69 Å². The number of nitrogens with two attached hydrogens (primary N) is 1. The van der Waals surface area contributed by atoms with Gasteiger partial charge in [-0.3, -0.25) is 9.88 Å². The molecule has 0 amide bonds. The Morgan fingerprint density at radius 2 is 1.90 bits per heavy atom. The molecule has 1 fully saturated rings. The van der Waals surface area contributed by atoms with Crippen molar-refractivity contribution in [2.75, 3.05) is 30.8 Å². The Balaban J connectivity index is 2.07. The third-order valence-corrected chi connectivity index (χ3v) is 4.96. The molecular formula is C16H21BrN4. The number of aromatic nitrogens is 1. The van der Waals surface area contributed by atoms with E-state index < -0.39 is 0 Å². The van der Waals surface area contributed by atoms with E-state index in [1.807, 2.05) is 18.3 Å². The van der Waals surface area contributed by atoms with Crippen LogP contribution in [0.15, 0.2) is 28.9 Å². The number of nitrogens with zero attached hydrogens (tertiary/aromatic N) is 3. The van der Waals surface area contributed by atoms with Crippen molar-refractivity contribution in [1.29, 1.82) is 0 Å². The van der Waals surface area contributed by atoms with Crippen molar-refractivity contribution in [3.8, 4) is 0 Å². The quantitative estimate of drug-likeness (QED) is 0.804. The molecule has 0 saturated carbocycles. The predicted molar refractivity (Wildman–Crippen MR) is 92.8 cm³/mol. The van der Waals surface area contributed by atoms with E-state index in [-0.39, 0.29) is 0 Å². The van der Waals surface area contributed by atoms with E-state index in [2.05, 4.69) is 57.7 Å². The standard InChI is InChI=1S/C16H21BrN4/c1-10-8-21(9-11(2)20(10)3)15-5-4-14(18)13-6-12(17)7-19-16(13)15/h4-7,10-11H,8-9,18H2,1-3H3. The van der Waals surface area contributed by atoms with Gasteiger partial charge in [-0.05, 0) is 55.0 Å². The number of piperazine rings is 1. The molecule has 5 heteroatoms. The molecule has 4 nitrogen and oxygen atoms in total. The highest BCUT2D eigenvalue weighted by atomic mass is 79.9. The van der Waals surface area contributed by atoms with E-state index in [1.54, 1.807) is 0 Å². The molecule has 1 aliphatic rings. The number of hydrogen-bond acceptors (Lipinski definition) is 4. The molecule has 0 bridgehead atoms. The Kier molecular flexibility index (Phi) is 3.80. The molecular weight excluding hydrogens is 328 g/mol. The van der Waals surface area contributed by atoms with Gasteiger partial charge in [0.05, 0.1) is 11.2 Å². The highest BCUT2D eigenvalue weighted by Crippen LogP contribution is 2.32. The summed E-state index contributed by atoms with van der Waals surface area (Å²) in [6.45, 7) is 6.56. The third-order valence-electron chi connectivity index (χ3n) is 4.53. The van der Waals surface area contributed by atoms with Crippen LogP contribution in [-0.2, 0) is 0 Å². The van der Waals surface area contributed by atoms with Crippen LogP contribution in [0.5, 0.6) is 0 Å². The molecule has 112 valence electrons. The maximum Gasteiger partial charge on any atom is 0.0956 e. The molecule has 2 atom stereocenters. The van der Waals surface area contributed by atoms with Crippen molar-refractivity contribution in [3.05, 3.63) is 28.9 Å². The van der Waals surface area contributed by atoms with Crippen molar-refractivity contribution in [2.24, 2.45) is 0 Å². The van der Waals surface area contributed by atoms with Crippen molar-refractivity contribution in [2.45, 2.75) is 25.9 Å². The second-order valence-electron chi connectivity index (χ2n) is 5.99. The highest BCUT2D eigenvalue weighted by molar-refractivity contribution is 9.10. The van der Waals surface area contributed by atoms with Gasteiger partial charge < -0.3 is 10.6 Å². The van der Waals surface area contributed by atoms with E-state index in [9.17, 15) is 0 Å². The zero-order valence-corrected chi connectivity index (χ0v) is 14.3. The second kappa shape index (κ2) is 5.46. The summed E-state index contributed by atoms with van der Waals surface area (Å²) >= 11 is 3.48. The maximum absolute atomic E-state index is 6.11. The lowest BCUT2D eigenvalue weighted by atomic mass is 10.1. The van der Waals surface area contributed by atoms with E-state index in [0.29, 0.717) is 12.1 Å². The van der Waals surface area contributed by atoms with Crippen LogP contribution in [0, 0.1) is 0 Å². The van der Waals surface area contributed by atoms with Gasteiger partial charge in [-0.2, -0.15) is 0 Å². The monoisotopic (exact) mass is 348 g/mol. The summed E-state index contributed by atoms with van der Waals surface area (Å²) in [7, 11) is 2.20. The highest BCUT2D eigenvalue weighted by Gasteiger charge is 2.27. The van der Waals surface area contributed by atoms with Gasteiger partial charge in [-0.25, -0.2) is 0 Å². The van der Waals surface area contributed by atoms with Crippen LogP contribution in [0.3, 0.4) is 0 Å². The molecule has 0 aliphatic carbocycles. The van der Waals surface area contributed by atoms with Crippen LogP contribution in [0.25, 0.3) is 10.9 Å². The zero-order chi connectivity index (χ0) is 15.1. The summed E-state index contributed by atoms with van der Waals surface area (Å²) in [5, 5.41) is 1.01. The first kappa shape index (κ1) is 14.6. The lowest BCUT2D eigenvalue weighted by Gasteiger charge is -2.43. The summed E-state index contributed by atoms with van der Waals surface area (Å²) in [5.74, 6) is 0.